The van der Waals surface area contributed by atoms with E-state index < -0.39 is 0 Å². The maximum Gasteiger partial charge on any atom is 0.309 e. The third-order valence-electron chi connectivity index (χ3n) is 3.90. The molecule has 22 heavy (non-hydrogen) atoms. The summed E-state index contributed by atoms with van der Waals surface area (Å²) in [7, 11) is 0. The summed E-state index contributed by atoms with van der Waals surface area (Å²) in [6, 6.07) is 10.2. The zero-order valence-electron chi connectivity index (χ0n) is 12.5. The van der Waals surface area contributed by atoms with Gasteiger partial charge in [-0.1, -0.05) is 30.3 Å². The highest BCUT2D eigenvalue weighted by atomic mass is 32.2. The predicted molar refractivity (Wildman–Crippen MR) is 87.6 cm³/mol. The van der Waals surface area contributed by atoms with Gasteiger partial charge in [-0.15, -0.1) is 0 Å². The van der Waals surface area contributed by atoms with Crippen molar-refractivity contribution in [3.8, 4) is 0 Å². The summed E-state index contributed by atoms with van der Waals surface area (Å²) in [5, 5.41) is 0. The lowest BCUT2D eigenvalue weighted by molar-refractivity contribution is -0.150. The number of thioether (sulfide) groups is 1. The molecule has 2 heterocycles. The molecule has 0 N–H and O–H groups in total. The minimum Gasteiger partial charge on any atom is -0.457 e. The number of hydrogen-bond donors (Lipinski definition) is 0. The van der Waals surface area contributed by atoms with Crippen molar-refractivity contribution in [2.45, 2.75) is 26.0 Å². The summed E-state index contributed by atoms with van der Waals surface area (Å²) < 4.78 is 7.50. The molecule has 0 atom stereocenters. The minimum absolute atomic E-state index is 0.0683. The number of nitrogens with zero attached hydrogens (tertiary/aromatic N) is 2. The predicted octanol–water partition coefficient (Wildman–Crippen LogP) is 3.12. The summed E-state index contributed by atoms with van der Waals surface area (Å²) in [5.74, 6) is 2.90. The summed E-state index contributed by atoms with van der Waals surface area (Å²) in [5.41, 5.74) is 1.21. The van der Waals surface area contributed by atoms with Crippen LogP contribution in [-0.4, -0.2) is 27.0 Å². The Bertz CT molecular complexity index is 606. The van der Waals surface area contributed by atoms with Crippen LogP contribution >= 0.6 is 11.8 Å². The number of hydrogen-bond acceptors (Lipinski definition) is 4. The van der Waals surface area contributed by atoms with Crippen molar-refractivity contribution in [2.75, 3.05) is 11.5 Å². The average molecular weight is 316 g/mol. The molecule has 3 rings (SSSR count). The van der Waals surface area contributed by atoms with Crippen LogP contribution < -0.4 is 0 Å². The monoisotopic (exact) mass is 316 g/mol. The summed E-state index contributed by atoms with van der Waals surface area (Å²) in [6.45, 7) is 0.996. The second kappa shape index (κ2) is 7.49. The fourth-order valence-electron chi connectivity index (χ4n) is 2.59. The highest BCUT2D eigenvalue weighted by molar-refractivity contribution is 7.99. The fraction of sp³-hybridized carbons (Fsp3) is 0.412. The molecule has 116 valence electrons. The van der Waals surface area contributed by atoms with E-state index in [1.54, 1.807) is 6.20 Å². The van der Waals surface area contributed by atoms with Crippen molar-refractivity contribution >= 4 is 17.7 Å². The van der Waals surface area contributed by atoms with Gasteiger partial charge >= 0.3 is 5.97 Å². The lowest BCUT2D eigenvalue weighted by atomic mass is 10.0. The molecule has 1 fully saturated rings. The first kappa shape index (κ1) is 15.2. The van der Waals surface area contributed by atoms with E-state index in [-0.39, 0.29) is 18.5 Å². The van der Waals surface area contributed by atoms with Crippen LogP contribution in [0.15, 0.2) is 42.7 Å². The van der Waals surface area contributed by atoms with Gasteiger partial charge in [-0.25, -0.2) is 4.98 Å². The zero-order valence-corrected chi connectivity index (χ0v) is 13.3. The normalized spacial score (nSPS) is 15.6. The molecule has 0 aliphatic carbocycles. The van der Waals surface area contributed by atoms with E-state index in [4.69, 9.17) is 4.74 Å². The molecule has 0 saturated carbocycles. The van der Waals surface area contributed by atoms with E-state index >= 15 is 0 Å². The number of benzene rings is 1. The molecule has 1 aromatic carbocycles. The second-order valence-electron chi connectivity index (χ2n) is 5.45. The van der Waals surface area contributed by atoms with Crippen LogP contribution in [0.4, 0.5) is 0 Å². The van der Waals surface area contributed by atoms with Crippen LogP contribution in [0.1, 0.15) is 24.2 Å². The Balaban J connectivity index is 1.57. The molecule has 0 bridgehead atoms. The first-order valence-corrected chi connectivity index (χ1v) is 8.77. The van der Waals surface area contributed by atoms with Crippen molar-refractivity contribution in [1.82, 2.24) is 9.55 Å². The third-order valence-corrected chi connectivity index (χ3v) is 4.94. The number of carbonyl (C=O) groups is 1. The molecule has 5 heteroatoms. The lowest BCUT2D eigenvalue weighted by Gasteiger charge is -2.19. The number of aromatic nitrogens is 2. The average Bonchev–Trinajstić information content (AvgIpc) is 3.01. The topological polar surface area (TPSA) is 44.1 Å². The number of esters is 1. The van der Waals surface area contributed by atoms with E-state index in [0.717, 1.165) is 36.7 Å². The van der Waals surface area contributed by atoms with Gasteiger partial charge in [0.25, 0.3) is 0 Å². The molecular weight excluding hydrogens is 296 g/mol. The van der Waals surface area contributed by atoms with Gasteiger partial charge in [-0.05, 0) is 29.9 Å². The number of ether oxygens (including phenoxy) is 1. The van der Waals surface area contributed by atoms with E-state index in [0.29, 0.717) is 0 Å². The van der Waals surface area contributed by atoms with Crippen LogP contribution in [0.2, 0.25) is 0 Å². The first-order valence-electron chi connectivity index (χ1n) is 7.61. The molecule has 2 aromatic rings. The molecule has 1 aliphatic rings. The molecule has 1 aromatic heterocycles. The fourth-order valence-corrected chi connectivity index (χ4v) is 3.70. The molecular formula is C17H20N2O2S. The molecule has 0 radical (unpaired) electrons. The Labute approximate surface area is 134 Å². The number of carbonyl (C=O) groups excluding carboxylic acids is 1. The third kappa shape index (κ3) is 3.91. The molecule has 4 nitrogen and oxygen atoms in total. The van der Waals surface area contributed by atoms with Gasteiger partial charge in [0.2, 0.25) is 0 Å². The molecule has 0 amide bonds. The number of imidazole rings is 1. The van der Waals surface area contributed by atoms with Crippen molar-refractivity contribution < 1.29 is 9.53 Å². The molecule has 1 aliphatic heterocycles. The standard InChI is InChI=1S/C17H20N2O2S/c20-17(15-6-10-22-11-7-15)21-13-16-18-8-9-19(16)12-14-4-2-1-3-5-14/h1-5,8-9,15H,6-7,10-13H2. The second-order valence-corrected chi connectivity index (χ2v) is 6.68. The van der Waals surface area contributed by atoms with Gasteiger partial charge in [0, 0.05) is 18.9 Å². The minimum atomic E-state index is -0.0745. The SMILES string of the molecule is O=C(OCc1nccn1Cc1ccccc1)C1CCSCC1. The van der Waals surface area contributed by atoms with E-state index in [2.05, 4.69) is 17.1 Å². The largest absolute Gasteiger partial charge is 0.457 e. The van der Waals surface area contributed by atoms with Crippen LogP contribution in [0.5, 0.6) is 0 Å². The first-order chi connectivity index (χ1) is 10.8. The van der Waals surface area contributed by atoms with Crippen molar-refractivity contribution in [1.29, 1.82) is 0 Å². The molecule has 0 spiro atoms. The van der Waals surface area contributed by atoms with E-state index in [9.17, 15) is 4.79 Å². The Morgan fingerprint density at radius 2 is 2.05 bits per heavy atom. The van der Waals surface area contributed by atoms with Crippen molar-refractivity contribution in [3.63, 3.8) is 0 Å². The van der Waals surface area contributed by atoms with Gasteiger partial charge in [-0.3, -0.25) is 4.79 Å². The molecule has 0 unspecified atom stereocenters. The molecule has 1 saturated heterocycles. The Kier molecular flexibility index (Phi) is 5.16. The van der Waals surface area contributed by atoms with Crippen LogP contribution in [0.3, 0.4) is 0 Å². The van der Waals surface area contributed by atoms with E-state index in [1.807, 2.05) is 40.7 Å². The smallest absolute Gasteiger partial charge is 0.309 e. The zero-order chi connectivity index (χ0) is 15.2. The Morgan fingerprint density at radius 3 is 2.82 bits per heavy atom. The Morgan fingerprint density at radius 1 is 1.27 bits per heavy atom. The highest BCUT2D eigenvalue weighted by Crippen LogP contribution is 2.24. The van der Waals surface area contributed by atoms with Gasteiger partial charge in [0.1, 0.15) is 12.4 Å². The maximum absolute atomic E-state index is 12.1. The Hall–Kier alpha value is -1.75. The van der Waals surface area contributed by atoms with Crippen LogP contribution in [0, 0.1) is 5.92 Å². The van der Waals surface area contributed by atoms with Crippen LogP contribution in [-0.2, 0) is 22.7 Å². The lowest BCUT2D eigenvalue weighted by Crippen LogP contribution is -2.22. The number of rotatable bonds is 5. The van der Waals surface area contributed by atoms with Gasteiger partial charge in [0.15, 0.2) is 0 Å². The van der Waals surface area contributed by atoms with Gasteiger partial charge < -0.3 is 9.30 Å². The van der Waals surface area contributed by atoms with E-state index in [1.165, 1.54) is 5.56 Å². The summed E-state index contributed by atoms with van der Waals surface area (Å²) in [4.78, 5) is 16.4. The van der Waals surface area contributed by atoms with Crippen molar-refractivity contribution in [3.05, 3.63) is 54.1 Å². The van der Waals surface area contributed by atoms with Crippen LogP contribution in [0.25, 0.3) is 0 Å². The summed E-state index contributed by atoms with van der Waals surface area (Å²) >= 11 is 1.91. The summed E-state index contributed by atoms with van der Waals surface area (Å²) in [6.07, 6.45) is 5.54. The van der Waals surface area contributed by atoms with Crippen molar-refractivity contribution in [2.24, 2.45) is 5.92 Å². The van der Waals surface area contributed by atoms with Gasteiger partial charge in [0.05, 0.1) is 5.92 Å². The highest BCUT2D eigenvalue weighted by Gasteiger charge is 2.23. The quantitative estimate of drug-likeness (QED) is 0.795. The van der Waals surface area contributed by atoms with Gasteiger partial charge in [-0.2, -0.15) is 11.8 Å². The maximum atomic E-state index is 12.1.